The van der Waals surface area contributed by atoms with Gasteiger partial charge < -0.3 is 125 Å². The second kappa shape index (κ2) is 22.3. The molecule has 0 radical (unpaired) electrons. The molecule has 27 heteroatoms. The third kappa shape index (κ3) is 11.2. The third-order valence-corrected chi connectivity index (χ3v) is 11.4. The van der Waals surface area contributed by atoms with Crippen LogP contribution in [0.3, 0.4) is 0 Å². The average Bonchev–Trinajstić information content (AvgIpc) is 3.24. The molecule has 63 heavy (non-hydrogen) atoms. The van der Waals surface area contributed by atoms with Crippen LogP contribution in [0.4, 0.5) is 0 Å². The zero-order valence-corrected chi connectivity index (χ0v) is 34.3. The molecule has 0 saturated carbocycles. The number of aliphatic hydroxyl groups excluding tert-OH is 14. The molecule has 364 valence electrons. The first-order valence-corrected chi connectivity index (χ1v) is 20.1. The summed E-state index contributed by atoms with van der Waals surface area (Å²) in [5.74, 6) is -1.89. The van der Waals surface area contributed by atoms with Crippen LogP contribution in [0.15, 0.2) is 11.5 Å². The van der Waals surface area contributed by atoms with E-state index in [0.29, 0.717) is 0 Å². The summed E-state index contributed by atoms with van der Waals surface area (Å²) < 4.78 is 51.8. The molecule has 14 unspecified atom stereocenters. The Morgan fingerprint density at radius 1 is 0.524 bits per heavy atom. The first kappa shape index (κ1) is 51.4. The van der Waals surface area contributed by atoms with Crippen molar-refractivity contribution in [1.82, 2.24) is 10.6 Å². The van der Waals surface area contributed by atoms with Crippen LogP contribution in [0.5, 0.6) is 0 Å². The highest BCUT2D eigenvalue weighted by molar-refractivity contribution is 5.73. The molecule has 5 aliphatic heterocycles. The van der Waals surface area contributed by atoms with Gasteiger partial charge in [0.2, 0.25) is 11.8 Å². The molecule has 5 rings (SSSR count). The standard InChI is InChI=1S/C36H60N2O25/c1-10-19(37-11(2)44)25(50)30(16(7-42)56-10)61-34-20(38-12(3)45)26(51)31(17(8-43)59-34)62-36-29(54)32(63-35-28(53)27(52)23(48)15(6-41)58-35)24(49)18(60-36)9-55-33-13(4-39)21(46)22(47)14(5-40)57-33/h10,14-32,34-36,39-43,46-54H,4-9H2,1-3H3,(H,37,44)(H,38,45)/t10-,14?,15?,16?,17?,18?,19?,20?,21?,22+,23+,24+,25?,26?,27?,28?,29?,30+,31+,32?,34-,35+,36-/m0/s1. The lowest BCUT2D eigenvalue weighted by Crippen LogP contribution is -2.70. The summed E-state index contributed by atoms with van der Waals surface area (Å²) in [6, 6.07) is -2.69. The highest BCUT2D eigenvalue weighted by Crippen LogP contribution is 2.35. The van der Waals surface area contributed by atoms with Gasteiger partial charge >= 0.3 is 0 Å². The molecule has 16 N–H and O–H groups in total. The summed E-state index contributed by atoms with van der Waals surface area (Å²) in [7, 11) is 0. The Balaban J connectivity index is 1.44. The van der Waals surface area contributed by atoms with Crippen LogP contribution in [0, 0.1) is 0 Å². The maximum Gasteiger partial charge on any atom is 0.283 e. The van der Waals surface area contributed by atoms with E-state index in [1.165, 1.54) is 13.8 Å². The summed E-state index contributed by atoms with van der Waals surface area (Å²) in [4.78, 5) is 24.4. The van der Waals surface area contributed by atoms with E-state index in [4.69, 9.17) is 42.6 Å². The number of ether oxygens (including phenoxy) is 9. The number of hydrogen-bond donors (Lipinski definition) is 16. The number of rotatable bonds is 16. The lowest BCUT2D eigenvalue weighted by molar-refractivity contribution is -0.379. The van der Waals surface area contributed by atoms with E-state index in [-0.39, 0.29) is 5.57 Å². The highest BCUT2D eigenvalue weighted by atomic mass is 16.8. The van der Waals surface area contributed by atoms with Crippen molar-refractivity contribution in [2.75, 3.05) is 39.6 Å². The van der Waals surface area contributed by atoms with Gasteiger partial charge in [0, 0.05) is 13.8 Å². The van der Waals surface area contributed by atoms with Gasteiger partial charge in [-0.25, -0.2) is 0 Å². The minimum absolute atomic E-state index is 0.383. The van der Waals surface area contributed by atoms with Gasteiger partial charge in [-0.3, -0.25) is 9.59 Å². The smallest absolute Gasteiger partial charge is 0.283 e. The molecule has 0 aliphatic carbocycles. The molecule has 4 fully saturated rings. The Morgan fingerprint density at radius 2 is 1.02 bits per heavy atom. The molecule has 23 atom stereocenters. The van der Waals surface area contributed by atoms with Crippen molar-refractivity contribution < 1.29 is 124 Å². The lowest BCUT2D eigenvalue weighted by Gasteiger charge is -2.50. The normalized spacial score (nSPS) is 45.9. The Bertz CT molecular complexity index is 1530. The van der Waals surface area contributed by atoms with E-state index in [9.17, 15) is 81.1 Å². The van der Waals surface area contributed by atoms with Crippen LogP contribution in [-0.4, -0.2) is 264 Å². The van der Waals surface area contributed by atoms with Gasteiger partial charge in [0.1, 0.15) is 110 Å². The minimum atomic E-state index is -2.16. The maximum absolute atomic E-state index is 12.5. The molecule has 2 amide bonds. The van der Waals surface area contributed by atoms with Gasteiger partial charge in [-0.05, 0) is 6.92 Å². The Labute approximate surface area is 358 Å². The van der Waals surface area contributed by atoms with Crippen LogP contribution >= 0.6 is 0 Å². The van der Waals surface area contributed by atoms with Crippen molar-refractivity contribution in [3.63, 3.8) is 0 Å². The maximum atomic E-state index is 12.5. The predicted octanol–water partition coefficient (Wildman–Crippen LogP) is -10.1. The van der Waals surface area contributed by atoms with E-state index in [1.807, 2.05) is 0 Å². The van der Waals surface area contributed by atoms with E-state index < -0.39 is 198 Å². The largest absolute Gasteiger partial charge is 0.462 e. The van der Waals surface area contributed by atoms with E-state index in [1.54, 1.807) is 0 Å². The van der Waals surface area contributed by atoms with Crippen LogP contribution in [-0.2, 0) is 52.2 Å². The lowest BCUT2D eigenvalue weighted by atomic mass is 9.92. The van der Waals surface area contributed by atoms with Crippen molar-refractivity contribution in [3.8, 4) is 0 Å². The van der Waals surface area contributed by atoms with E-state index in [2.05, 4.69) is 10.6 Å². The molecule has 5 aliphatic rings. The highest BCUT2D eigenvalue weighted by Gasteiger charge is 2.56. The zero-order chi connectivity index (χ0) is 46.6. The predicted molar refractivity (Wildman–Crippen MR) is 197 cm³/mol. The Hall–Kier alpha value is -2.56. The summed E-state index contributed by atoms with van der Waals surface area (Å²) in [6.07, 6.45) is -36.4. The molecule has 0 aromatic rings. The van der Waals surface area contributed by atoms with Gasteiger partial charge in [0.25, 0.3) is 5.95 Å². The quantitative estimate of drug-likeness (QED) is 0.0683. The Morgan fingerprint density at radius 3 is 1.59 bits per heavy atom. The van der Waals surface area contributed by atoms with E-state index in [0.717, 1.165) is 6.92 Å². The second-order valence-corrected chi connectivity index (χ2v) is 15.8. The number of aliphatic hydroxyl groups is 14. The Kier molecular flexibility index (Phi) is 18.2. The number of amides is 2. The summed E-state index contributed by atoms with van der Waals surface area (Å²) in [5, 5.41) is 153. The molecule has 4 saturated heterocycles. The van der Waals surface area contributed by atoms with Gasteiger partial charge in [0.15, 0.2) is 25.0 Å². The molecule has 0 aromatic carbocycles. The van der Waals surface area contributed by atoms with Crippen molar-refractivity contribution in [1.29, 1.82) is 0 Å². The number of nitrogens with one attached hydrogen (secondary N) is 2. The van der Waals surface area contributed by atoms with Crippen LogP contribution < -0.4 is 10.6 Å². The number of carbonyl (C=O) groups excluding carboxylic acids is 2. The van der Waals surface area contributed by atoms with Gasteiger partial charge in [-0.1, -0.05) is 0 Å². The fourth-order valence-corrected chi connectivity index (χ4v) is 7.99. The van der Waals surface area contributed by atoms with Crippen molar-refractivity contribution in [2.45, 2.75) is 162 Å². The molecule has 27 nitrogen and oxygen atoms in total. The van der Waals surface area contributed by atoms with E-state index >= 15 is 0 Å². The fourth-order valence-electron chi connectivity index (χ4n) is 7.99. The van der Waals surface area contributed by atoms with Gasteiger partial charge in [-0.15, -0.1) is 0 Å². The first-order valence-electron chi connectivity index (χ1n) is 20.1. The van der Waals surface area contributed by atoms with Crippen LogP contribution in [0.25, 0.3) is 0 Å². The molecule has 0 aromatic heterocycles. The molecule has 5 heterocycles. The average molecular weight is 921 g/mol. The monoisotopic (exact) mass is 920 g/mol. The number of hydrogen-bond acceptors (Lipinski definition) is 25. The van der Waals surface area contributed by atoms with Crippen LogP contribution in [0.1, 0.15) is 20.8 Å². The summed E-state index contributed by atoms with van der Waals surface area (Å²) >= 11 is 0. The third-order valence-electron chi connectivity index (χ3n) is 11.4. The van der Waals surface area contributed by atoms with Gasteiger partial charge in [-0.2, -0.15) is 0 Å². The molecule has 0 bridgehead atoms. The zero-order valence-electron chi connectivity index (χ0n) is 34.3. The number of carbonyl (C=O) groups is 2. The SMILES string of the molecule is CC(=O)NC1C(O)[C@H](O[C@@H]2OC(COC3=C(CO)C(O)[C@H](O)C(CO)O3)[C@@H](O)C(O[C@H]3OC(CO)[C@@H](O)C(O)C3O)C2O)C(CO)O[C@H]1O[C@@H]1C(CO)O[C@@H](C)C(NC(C)=O)C1O. The van der Waals surface area contributed by atoms with Crippen molar-refractivity contribution in [3.05, 3.63) is 11.5 Å². The summed E-state index contributed by atoms with van der Waals surface area (Å²) in [5.41, 5.74) is -0.383. The first-order chi connectivity index (χ1) is 29.8. The molecule has 0 spiro atoms. The molecular weight excluding hydrogens is 860 g/mol. The van der Waals surface area contributed by atoms with Gasteiger partial charge in [0.05, 0.1) is 50.8 Å². The minimum Gasteiger partial charge on any atom is -0.462 e. The van der Waals surface area contributed by atoms with Crippen molar-refractivity contribution in [2.24, 2.45) is 0 Å². The van der Waals surface area contributed by atoms with Crippen LogP contribution in [0.2, 0.25) is 0 Å². The molecular formula is C36H60N2O25. The summed E-state index contributed by atoms with van der Waals surface area (Å²) in [6.45, 7) is -1.32. The fraction of sp³-hybridized carbons (Fsp3) is 0.889. The second-order valence-electron chi connectivity index (χ2n) is 15.8. The van der Waals surface area contributed by atoms with Crippen molar-refractivity contribution >= 4 is 11.8 Å². The topological polar surface area (TPSA) is 424 Å².